The van der Waals surface area contributed by atoms with Crippen molar-refractivity contribution in [1.82, 2.24) is 20.4 Å². The van der Waals surface area contributed by atoms with E-state index in [4.69, 9.17) is 4.52 Å². The molecule has 0 radical (unpaired) electrons. The van der Waals surface area contributed by atoms with Crippen LogP contribution in [0.25, 0.3) is 11.5 Å². The van der Waals surface area contributed by atoms with Crippen molar-refractivity contribution < 1.29 is 4.52 Å². The molecular formula is C12H16N4O. The average Bonchev–Trinajstić information content (AvgIpc) is 3.10. The van der Waals surface area contributed by atoms with E-state index in [0.717, 1.165) is 31.5 Å². The molecule has 1 unspecified atom stereocenters. The topological polar surface area (TPSA) is 66.7 Å². The van der Waals surface area contributed by atoms with Gasteiger partial charge in [-0.1, -0.05) is 12.1 Å². The Morgan fingerprint density at radius 3 is 3.12 bits per heavy atom. The zero-order valence-electron chi connectivity index (χ0n) is 9.86. The fourth-order valence-electron chi connectivity index (χ4n) is 2.44. The third kappa shape index (κ3) is 1.67. The molecule has 2 aromatic heterocycles. The summed E-state index contributed by atoms with van der Waals surface area (Å²) < 4.78 is 5.42. The van der Waals surface area contributed by atoms with Gasteiger partial charge in [0.15, 0.2) is 0 Å². The molecule has 1 atom stereocenters. The summed E-state index contributed by atoms with van der Waals surface area (Å²) in [6.07, 6.45) is 5.05. The second-order valence-electron chi connectivity index (χ2n) is 4.47. The van der Waals surface area contributed by atoms with Crippen molar-refractivity contribution in [3.63, 3.8) is 0 Å². The van der Waals surface area contributed by atoms with Crippen molar-refractivity contribution in [2.45, 2.75) is 31.7 Å². The van der Waals surface area contributed by atoms with E-state index in [2.05, 4.69) is 27.4 Å². The van der Waals surface area contributed by atoms with E-state index in [9.17, 15) is 0 Å². The average molecular weight is 232 g/mol. The van der Waals surface area contributed by atoms with E-state index in [1.165, 1.54) is 0 Å². The zero-order chi connectivity index (χ0) is 11.7. The monoisotopic (exact) mass is 232 g/mol. The molecule has 2 N–H and O–H groups in total. The first-order valence-corrected chi connectivity index (χ1v) is 6.07. The van der Waals surface area contributed by atoms with Crippen LogP contribution >= 0.6 is 0 Å². The number of hydrogen-bond acceptors (Lipinski definition) is 4. The number of hydrogen-bond donors (Lipinski definition) is 2. The van der Waals surface area contributed by atoms with Crippen molar-refractivity contribution >= 4 is 0 Å². The number of rotatable bonds is 3. The standard InChI is InChI=1S/C12H16N4O/c1-2-12(6-4-8-14-12)11-15-10(16-17-11)9-5-3-7-13-9/h3,5,7,13-14H,2,4,6,8H2,1H3. The van der Waals surface area contributed by atoms with E-state index in [1.54, 1.807) is 0 Å². The number of nitrogens with zero attached hydrogens (tertiary/aromatic N) is 2. The minimum Gasteiger partial charge on any atom is -0.359 e. The Hall–Kier alpha value is -1.62. The van der Waals surface area contributed by atoms with Gasteiger partial charge < -0.3 is 14.8 Å². The lowest BCUT2D eigenvalue weighted by atomic mass is 9.94. The normalized spacial score (nSPS) is 24.3. The maximum absolute atomic E-state index is 5.42. The van der Waals surface area contributed by atoms with E-state index in [0.29, 0.717) is 11.7 Å². The largest absolute Gasteiger partial charge is 0.359 e. The van der Waals surface area contributed by atoms with Crippen LogP contribution in [0.5, 0.6) is 0 Å². The molecule has 3 rings (SSSR count). The van der Waals surface area contributed by atoms with Gasteiger partial charge >= 0.3 is 0 Å². The Morgan fingerprint density at radius 1 is 1.53 bits per heavy atom. The molecule has 1 aliphatic heterocycles. The molecule has 5 nitrogen and oxygen atoms in total. The summed E-state index contributed by atoms with van der Waals surface area (Å²) in [6, 6.07) is 3.87. The lowest BCUT2D eigenvalue weighted by Gasteiger charge is -2.22. The van der Waals surface area contributed by atoms with Gasteiger partial charge in [0.2, 0.25) is 11.7 Å². The molecule has 1 aliphatic rings. The minimum absolute atomic E-state index is 0.113. The minimum atomic E-state index is -0.113. The van der Waals surface area contributed by atoms with Gasteiger partial charge in [-0.2, -0.15) is 4.98 Å². The number of nitrogens with one attached hydrogen (secondary N) is 2. The van der Waals surface area contributed by atoms with E-state index in [-0.39, 0.29) is 5.54 Å². The van der Waals surface area contributed by atoms with Gasteiger partial charge in [-0.05, 0) is 37.9 Å². The third-order valence-corrected chi connectivity index (χ3v) is 3.52. The first kappa shape index (κ1) is 10.5. The molecule has 0 bridgehead atoms. The zero-order valence-corrected chi connectivity index (χ0v) is 9.86. The smallest absolute Gasteiger partial charge is 0.247 e. The van der Waals surface area contributed by atoms with Crippen LogP contribution in [0.3, 0.4) is 0 Å². The summed E-state index contributed by atoms with van der Waals surface area (Å²) in [5.74, 6) is 1.34. The summed E-state index contributed by atoms with van der Waals surface area (Å²) in [6.45, 7) is 3.17. The molecule has 0 aromatic carbocycles. The Kier molecular flexibility index (Phi) is 2.48. The van der Waals surface area contributed by atoms with Crippen molar-refractivity contribution in [2.75, 3.05) is 6.54 Å². The predicted molar refractivity (Wildman–Crippen MR) is 63.3 cm³/mol. The highest BCUT2D eigenvalue weighted by molar-refractivity contribution is 5.48. The van der Waals surface area contributed by atoms with Crippen LogP contribution in [0.4, 0.5) is 0 Å². The molecule has 0 spiro atoms. The maximum Gasteiger partial charge on any atom is 0.247 e. The molecule has 1 fully saturated rings. The highest BCUT2D eigenvalue weighted by Gasteiger charge is 2.38. The van der Waals surface area contributed by atoms with Crippen LogP contribution in [-0.4, -0.2) is 21.7 Å². The van der Waals surface area contributed by atoms with E-state index in [1.807, 2.05) is 18.3 Å². The van der Waals surface area contributed by atoms with E-state index < -0.39 is 0 Å². The van der Waals surface area contributed by atoms with Crippen LogP contribution in [0.1, 0.15) is 32.1 Å². The highest BCUT2D eigenvalue weighted by Crippen LogP contribution is 2.33. The van der Waals surface area contributed by atoms with Crippen LogP contribution in [0.15, 0.2) is 22.9 Å². The summed E-state index contributed by atoms with van der Waals surface area (Å²) >= 11 is 0. The molecule has 5 heteroatoms. The van der Waals surface area contributed by atoms with Gasteiger partial charge in [0.1, 0.15) is 0 Å². The number of H-pyrrole nitrogens is 1. The molecule has 3 heterocycles. The molecule has 17 heavy (non-hydrogen) atoms. The van der Waals surface area contributed by atoms with Gasteiger partial charge in [-0.3, -0.25) is 0 Å². The van der Waals surface area contributed by atoms with Crippen LogP contribution in [-0.2, 0) is 5.54 Å². The van der Waals surface area contributed by atoms with Gasteiger partial charge in [0.25, 0.3) is 0 Å². The number of aromatic amines is 1. The summed E-state index contributed by atoms with van der Waals surface area (Å²) in [5, 5.41) is 7.53. The summed E-state index contributed by atoms with van der Waals surface area (Å²) in [5.41, 5.74) is 0.780. The van der Waals surface area contributed by atoms with Crippen LogP contribution in [0, 0.1) is 0 Å². The Bertz CT molecular complexity index is 482. The van der Waals surface area contributed by atoms with Crippen molar-refractivity contribution in [3.8, 4) is 11.5 Å². The van der Waals surface area contributed by atoms with Gasteiger partial charge in [-0.15, -0.1) is 0 Å². The highest BCUT2D eigenvalue weighted by atomic mass is 16.5. The van der Waals surface area contributed by atoms with Gasteiger partial charge in [0, 0.05) is 6.20 Å². The fourth-order valence-corrected chi connectivity index (χ4v) is 2.44. The molecule has 2 aromatic rings. The van der Waals surface area contributed by atoms with Gasteiger partial charge in [-0.25, -0.2) is 0 Å². The second kappa shape index (κ2) is 4.00. The second-order valence-corrected chi connectivity index (χ2v) is 4.47. The van der Waals surface area contributed by atoms with Crippen LogP contribution in [0.2, 0.25) is 0 Å². The molecule has 1 saturated heterocycles. The molecule has 0 amide bonds. The predicted octanol–water partition coefficient (Wildman–Crippen LogP) is 2.05. The fraction of sp³-hybridized carbons (Fsp3) is 0.500. The Balaban J connectivity index is 1.94. The third-order valence-electron chi connectivity index (χ3n) is 3.52. The van der Waals surface area contributed by atoms with Crippen molar-refractivity contribution in [2.24, 2.45) is 0 Å². The first-order valence-electron chi connectivity index (χ1n) is 6.07. The maximum atomic E-state index is 5.42. The lowest BCUT2D eigenvalue weighted by Crippen LogP contribution is -2.36. The van der Waals surface area contributed by atoms with E-state index >= 15 is 0 Å². The molecule has 0 saturated carbocycles. The Labute approximate surface area is 99.6 Å². The van der Waals surface area contributed by atoms with Crippen molar-refractivity contribution in [1.29, 1.82) is 0 Å². The molecule has 0 aliphatic carbocycles. The first-order chi connectivity index (χ1) is 8.34. The van der Waals surface area contributed by atoms with Gasteiger partial charge in [0.05, 0.1) is 11.2 Å². The summed E-state index contributed by atoms with van der Waals surface area (Å²) in [7, 11) is 0. The molecule has 90 valence electrons. The lowest BCUT2D eigenvalue weighted by molar-refractivity contribution is 0.250. The summed E-state index contributed by atoms with van der Waals surface area (Å²) in [4.78, 5) is 7.59. The van der Waals surface area contributed by atoms with Crippen LogP contribution < -0.4 is 5.32 Å². The Morgan fingerprint density at radius 2 is 2.47 bits per heavy atom. The van der Waals surface area contributed by atoms with Crippen molar-refractivity contribution in [3.05, 3.63) is 24.2 Å². The molecular weight excluding hydrogens is 216 g/mol. The SMILES string of the molecule is CCC1(c2nc(-c3ccc[nH]3)no2)CCCN1. The quantitative estimate of drug-likeness (QED) is 0.850. The number of aromatic nitrogens is 3.